The van der Waals surface area contributed by atoms with Crippen LogP contribution in [0, 0.1) is 0 Å². The topological polar surface area (TPSA) is 73.9 Å². The van der Waals surface area contributed by atoms with Crippen LogP contribution in [0.3, 0.4) is 0 Å². The van der Waals surface area contributed by atoms with Gasteiger partial charge in [0.2, 0.25) is 11.2 Å². The van der Waals surface area contributed by atoms with Crippen molar-refractivity contribution in [1.82, 2.24) is 15.0 Å². The molecular formula is C5H7ClN4O. The summed E-state index contributed by atoms with van der Waals surface area (Å²) in [5.41, 5.74) is 5.29. The average molecular weight is 175 g/mol. The van der Waals surface area contributed by atoms with Crippen molar-refractivity contribution in [2.24, 2.45) is 0 Å². The van der Waals surface area contributed by atoms with Gasteiger partial charge in [-0.15, -0.1) is 0 Å². The van der Waals surface area contributed by atoms with Gasteiger partial charge in [-0.25, -0.2) is 4.98 Å². The van der Waals surface area contributed by atoms with Crippen molar-refractivity contribution in [1.29, 1.82) is 0 Å². The van der Waals surface area contributed by atoms with Gasteiger partial charge in [-0.1, -0.05) is 0 Å². The normalized spacial score (nSPS) is 10.0. The Morgan fingerprint density at radius 3 is 2.73 bits per heavy atom. The summed E-state index contributed by atoms with van der Waals surface area (Å²) < 4.78 is 4.77. The van der Waals surface area contributed by atoms with Gasteiger partial charge in [-0.05, 0) is 11.6 Å². The van der Waals surface area contributed by atoms with Crippen LogP contribution in [0.5, 0.6) is 0 Å². The van der Waals surface area contributed by atoms with E-state index in [4.69, 9.17) is 22.1 Å². The van der Waals surface area contributed by atoms with Crippen molar-refractivity contribution in [3.05, 3.63) is 11.1 Å². The number of nitrogens with two attached hydrogens (primary N) is 1. The Balaban J connectivity index is 2.89. The van der Waals surface area contributed by atoms with Crippen LogP contribution in [-0.4, -0.2) is 22.1 Å². The molecule has 6 heteroatoms. The molecule has 1 aromatic heterocycles. The minimum atomic E-state index is 0.0875. The van der Waals surface area contributed by atoms with Crippen LogP contribution in [0.25, 0.3) is 0 Å². The molecule has 0 amide bonds. The third kappa shape index (κ3) is 2.28. The molecule has 60 valence electrons. The van der Waals surface area contributed by atoms with Gasteiger partial charge >= 0.3 is 0 Å². The van der Waals surface area contributed by atoms with Gasteiger partial charge in [-0.3, -0.25) is 0 Å². The summed E-state index contributed by atoms with van der Waals surface area (Å²) in [6.45, 7) is 0.284. The number of rotatable bonds is 2. The summed E-state index contributed by atoms with van der Waals surface area (Å²) in [7, 11) is 1.54. The van der Waals surface area contributed by atoms with Gasteiger partial charge in [0.05, 0.1) is 0 Å². The van der Waals surface area contributed by atoms with E-state index in [0.717, 1.165) is 0 Å². The lowest BCUT2D eigenvalue weighted by Gasteiger charge is -1.98. The van der Waals surface area contributed by atoms with E-state index >= 15 is 0 Å². The maximum Gasteiger partial charge on any atom is 0.227 e. The van der Waals surface area contributed by atoms with Crippen molar-refractivity contribution in [3.8, 4) is 0 Å². The molecule has 0 bridgehead atoms. The molecule has 1 aromatic rings. The minimum Gasteiger partial charge on any atom is -0.377 e. The zero-order chi connectivity index (χ0) is 8.27. The lowest BCUT2D eigenvalue weighted by Crippen LogP contribution is -2.03. The van der Waals surface area contributed by atoms with Crippen molar-refractivity contribution >= 4 is 17.5 Å². The fourth-order valence-corrected chi connectivity index (χ4v) is 0.786. The summed E-state index contributed by atoms with van der Waals surface area (Å²) in [4.78, 5) is 11.1. The third-order valence-corrected chi connectivity index (χ3v) is 1.11. The Bertz CT molecular complexity index is 234. The largest absolute Gasteiger partial charge is 0.377 e. The first-order valence-electron chi connectivity index (χ1n) is 2.87. The van der Waals surface area contributed by atoms with Crippen molar-refractivity contribution < 1.29 is 4.74 Å². The highest BCUT2D eigenvalue weighted by Crippen LogP contribution is 2.02. The van der Waals surface area contributed by atoms with Gasteiger partial charge in [-0.2, -0.15) is 9.97 Å². The molecule has 2 N–H and O–H groups in total. The molecule has 5 nitrogen and oxygen atoms in total. The van der Waals surface area contributed by atoms with E-state index in [2.05, 4.69) is 15.0 Å². The highest BCUT2D eigenvalue weighted by molar-refractivity contribution is 6.28. The minimum absolute atomic E-state index is 0.0875. The third-order valence-electron chi connectivity index (χ3n) is 0.945. The maximum atomic E-state index is 5.49. The molecule has 0 aliphatic heterocycles. The fraction of sp³-hybridized carbons (Fsp3) is 0.400. The predicted octanol–water partition coefficient (Wildman–Crippen LogP) is 0.254. The van der Waals surface area contributed by atoms with Crippen LogP contribution < -0.4 is 5.73 Å². The summed E-state index contributed by atoms with van der Waals surface area (Å²) in [6.07, 6.45) is 0. The zero-order valence-corrected chi connectivity index (χ0v) is 6.67. The number of hydrogen-bond acceptors (Lipinski definition) is 5. The molecule has 0 fully saturated rings. The van der Waals surface area contributed by atoms with Crippen molar-refractivity contribution in [3.63, 3.8) is 0 Å². The SMILES string of the molecule is COCc1nc(N)nc(Cl)n1. The van der Waals surface area contributed by atoms with Gasteiger partial charge in [0.15, 0.2) is 5.82 Å². The molecular weight excluding hydrogens is 168 g/mol. The van der Waals surface area contributed by atoms with E-state index < -0.39 is 0 Å². The van der Waals surface area contributed by atoms with Crippen LogP contribution in [0.1, 0.15) is 5.82 Å². The molecule has 0 saturated heterocycles. The predicted molar refractivity (Wildman–Crippen MR) is 40.0 cm³/mol. The molecule has 0 aromatic carbocycles. The molecule has 0 unspecified atom stereocenters. The van der Waals surface area contributed by atoms with Crippen molar-refractivity contribution in [2.45, 2.75) is 6.61 Å². The molecule has 0 atom stereocenters. The smallest absolute Gasteiger partial charge is 0.227 e. The number of nitrogens with zero attached hydrogens (tertiary/aromatic N) is 3. The summed E-state index contributed by atoms with van der Waals surface area (Å²) in [6, 6.07) is 0. The van der Waals surface area contributed by atoms with E-state index in [0.29, 0.717) is 5.82 Å². The summed E-state index contributed by atoms with van der Waals surface area (Å²) in [5, 5.41) is 0.0875. The van der Waals surface area contributed by atoms with Gasteiger partial charge in [0.25, 0.3) is 0 Å². The Kier molecular flexibility index (Phi) is 2.56. The monoisotopic (exact) mass is 174 g/mol. The Morgan fingerprint density at radius 1 is 1.45 bits per heavy atom. The molecule has 0 radical (unpaired) electrons. The van der Waals surface area contributed by atoms with Crippen LogP contribution in [0.4, 0.5) is 5.95 Å². The lowest BCUT2D eigenvalue weighted by atomic mass is 10.6. The second kappa shape index (κ2) is 3.45. The molecule has 0 aliphatic rings. The number of methoxy groups -OCH3 is 1. The number of aromatic nitrogens is 3. The highest BCUT2D eigenvalue weighted by Gasteiger charge is 2.00. The van der Waals surface area contributed by atoms with Crippen LogP contribution >= 0.6 is 11.6 Å². The van der Waals surface area contributed by atoms with E-state index in [9.17, 15) is 0 Å². The number of ether oxygens (including phenoxy) is 1. The quantitative estimate of drug-likeness (QED) is 0.696. The fourth-order valence-electron chi connectivity index (χ4n) is 0.602. The van der Waals surface area contributed by atoms with E-state index in [1.807, 2.05) is 0 Å². The van der Waals surface area contributed by atoms with E-state index in [-0.39, 0.29) is 17.8 Å². The average Bonchev–Trinajstić information content (AvgIpc) is 1.85. The molecule has 1 heterocycles. The number of hydrogen-bond donors (Lipinski definition) is 1. The second-order valence-corrected chi connectivity index (χ2v) is 2.15. The lowest BCUT2D eigenvalue weighted by molar-refractivity contribution is 0.177. The van der Waals surface area contributed by atoms with Gasteiger partial charge < -0.3 is 10.5 Å². The van der Waals surface area contributed by atoms with Gasteiger partial charge in [0, 0.05) is 7.11 Å². The second-order valence-electron chi connectivity index (χ2n) is 1.81. The van der Waals surface area contributed by atoms with E-state index in [1.165, 1.54) is 7.11 Å². The van der Waals surface area contributed by atoms with Crippen LogP contribution in [0.15, 0.2) is 0 Å². The van der Waals surface area contributed by atoms with E-state index in [1.54, 1.807) is 0 Å². The number of halogens is 1. The summed E-state index contributed by atoms with van der Waals surface area (Å²) >= 11 is 5.49. The van der Waals surface area contributed by atoms with Crippen LogP contribution in [-0.2, 0) is 11.3 Å². The zero-order valence-electron chi connectivity index (χ0n) is 5.91. The first-order valence-corrected chi connectivity index (χ1v) is 3.25. The first-order chi connectivity index (χ1) is 5.22. The highest BCUT2D eigenvalue weighted by atomic mass is 35.5. The van der Waals surface area contributed by atoms with Crippen molar-refractivity contribution in [2.75, 3.05) is 12.8 Å². The maximum absolute atomic E-state index is 5.49. The number of nitrogen functional groups attached to an aromatic ring is 1. The number of anilines is 1. The molecule has 0 aliphatic carbocycles. The molecule has 11 heavy (non-hydrogen) atoms. The molecule has 0 saturated carbocycles. The Morgan fingerprint density at radius 2 is 2.18 bits per heavy atom. The first kappa shape index (κ1) is 8.16. The Hall–Kier alpha value is -0.940. The van der Waals surface area contributed by atoms with Crippen LogP contribution in [0.2, 0.25) is 5.28 Å². The molecule has 1 rings (SSSR count). The standard InChI is InChI=1S/C5H7ClN4O/c1-11-2-3-8-4(6)10-5(7)9-3/h2H2,1H3,(H2,7,8,9,10). The Labute approximate surface area is 68.6 Å². The summed E-state index contributed by atoms with van der Waals surface area (Å²) in [5.74, 6) is 0.544. The van der Waals surface area contributed by atoms with Gasteiger partial charge in [0.1, 0.15) is 6.61 Å². The molecule has 0 spiro atoms.